The molecule has 0 fully saturated rings. The Labute approximate surface area is 355 Å². The summed E-state index contributed by atoms with van der Waals surface area (Å²) in [7, 11) is 3.38. The van der Waals surface area contributed by atoms with Crippen molar-refractivity contribution in [2.45, 2.75) is 31.1 Å². The van der Waals surface area contributed by atoms with E-state index in [1.54, 1.807) is 27.7 Å². The summed E-state index contributed by atoms with van der Waals surface area (Å²) in [6.45, 7) is 11.0. The first-order valence-electron chi connectivity index (χ1n) is 19.6. The molecule has 0 saturated heterocycles. The Morgan fingerprint density at radius 2 is 1.63 bits per heavy atom. The molecule has 1 aliphatic heterocycles. The van der Waals surface area contributed by atoms with Crippen LogP contribution in [0.3, 0.4) is 0 Å². The normalized spacial score (nSPS) is 14.8. The minimum absolute atomic E-state index is 0.541. The number of aromatic nitrogens is 1. The van der Waals surface area contributed by atoms with Gasteiger partial charge in [-0.15, -0.1) is 6.42 Å². The van der Waals surface area contributed by atoms with Crippen LogP contribution in [0, 0.1) is 12.3 Å². The molecule has 1 aliphatic carbocycles. The highest BCUT2D eigenvalue weighted by Crippen LogP contribution is 2.44. The van der Waals surface area contributed by atoms with Crippen molar-refractivity contribution in [1.82, 2.24) is 4.98 Å². The fraction of sp³-hybridized carbons (Fsp3) is 0.0943. The summed E-state index contributed by atoms with van der Waals surface area (Å²) >= 11 is 0. The Morgan fingerprint density at radius 1 is 0.831 bits per heavy atom. The third-order valence-corrected chi connectivity index (χ3v) is 12.9. The fourth-order valence-corrected chi connectivity index (χ4v) is 9.52. The number of amidine groups is 2. The van der Waals surface area contributed by atoms with Crippen LogP contribution >= 0.6 is 21.6 Å². The van der Waals surface area contributed by atoms with E-state index in [-0.39, 0.29) is 0 Å². The molecule has 0 radical (unpaired) electrons. The first-order chi connectivity index (χ1) is 29.0. The van der Waals surface area contributed by atoms with Crippen LogP contribution in [0.2, 0.25) is 0 Å². The molecule has 286 valence electrons. The van der Waals surface area contributed by atoms with Crippen LogP contribution in [-0.2, 0) is 12.8 Å². The van der Waals surface area contributed by atoms with E-state index in [9.17, 15) is 0 Å². The third kappa shape index (κ3) is 8.83. The molecule has 0 saturated carbocycles. The zero-order chi connectivity index (χ0) is 40.6. The van der Waals surface area contributed by atoms with Crippen molar-refractivity contribution in [3.05, 3.63) is 203 Å². The number of rotatable bonds is 8. The molecule has 6 aromatic rings. The lowest BCUT2D eigenvalue weighted by molar-refractivity contribution is 1.00. The highest BCUT2D eigenvalue weighted by Gasteiger charge is 2.26. The van der Waals surface area contributed by atoms with Crippen molar-refractivity contribution in [2.75, 3.05) is 6.54 Å². The molecular formula is C53H42N4S2. The average Bonchev–Trinajstić information content (AvgIpc) is 3.67. The maximum absolute atomic E-state index is 5.37. The van der Waals surface area contributed by atoms with Crippen molar-refractivity contribution in [3.8, 4) is 45.7 Å². The van der Waals surface area contributed by atoms with E-state index < -0.39 is 0 Å². The number of nitrogens with zero attached hydrogens (tertiary/aromatic N) is 4. The summed E-state index contributed by atoms with van der Waals surface area (Å²) in [6, 6.07) is 38.9. The van der Waals surface area contributed by atoms with Crippen molar-refractivity contribution in [1.29, 1.82) is 0 Å². The minimum atomic E-state index is 0.541. The van der Waals surface area contributed by atoms with E-state index in [1.165, 1.54) is 50.1 Å². The predicted molar refractivity (Wildman–Crippen MR) is 256 cm³/mol. The number of terminal acetylenes is 1. The first kappa shape index (κ1) is 39.3. The van der Waals surface area contributed by atoms with Gasteiger partial charge in [-0.05, 0) is 113 Å². The maximum Gasteiger partial charge on any atom is 0.161 e. The Morgan fingerprint density at radius 3 is 2.47 bits per heavy atom. The van der Waals surface area contributed by atoms with Gasteiger partial charge < -0.3 is 0 Å². The van der Waals surface area contributed by atoms with Gasteiger partial charge in [0.1, 0.15) is 0 Å². The Kier molecular flexibility index (Phi) is 12.2. The van der Waals surface area contributed by atoms with Crippen molar-refractivity contribution >= 4 is 50.9 Å². The van der Waals surface area contributed by atoms with Crippen molar-refractivity contribution in [3.63, 3.8) is 0 Å². The SMILES string of the molecule is C#C/C=C\C=C/CCN=C(N=C(N=C)c1cccc2c1-c1cccc(-c3ccc(-c4cccc5ncccc45)cc3)c1C2)c1ccc2c(c1)SSC(=C)/C=C\C(C)=CC2. The summed E-state index contributed by atoms with van der Waals surface area (Å²) in [5.41, 5.74) is 14.9. The molecule has 2 aliphatic rings. The quantitative estimate of drug-likeness (QED) is 0.0384. The molecular weight excluding hydrogens is 757 g/mol. The van der Waals surface area contributed by atoms with E-state index in [0.29, 0.717) is 18.2 Å². The van der Waals surface area contributed by atoms with Gasteiger partial charge in [0, 0.05) is 39.1 Å². The van der Waals surface area contributed by atoms with Crippen LogP contribution in [0.1, 0.15) is 41.2 Å². The first-order valence-corrected chi connectivity index (χ1v) is 21.7. The molecule has 0 atom stereocenters. The van der Waals surface area contributed by atoms with Gasteiger partial charge in [-0.1, -0.05) is 161 Å². The summed E-state index contributed by atoms with van der Waals surface area (Å²) in [5, 5.41) is 1.15. The third-order valence-electron chi connectivity index (χ3n) is 10.5. The molecule has 0 amide bonds. The van der Waals surface area contributed by atoms with Crippen molar-refractivity contribution < 1.29 is 0 Å². The van der Waals surface area contributed by atoms with Gasteiger partial charge in [0.2, 0.25) is 0 Å². The highest BCUT2D eigenvalue weighted by molar-refractivity contribution is 8.78. The second-order valence-electron chi connectivity index (χ2n) is 14.3. The molecule has 5 aromatic carbocycles. The fourth-order valence-electron chi connectivity index (χ4n) is 7.54. The molecule has 8 rings (SSSR count). The Bertz CT molecular complexity index is 2820. The average molecular weight is 799 g/mol. The second-order valence-corrected chi connectivity index (χ2v) is 16.6. The lowest BCUT2D eigenvalue weighted by Gasteiger charge is -2.14. The van der Waals surface area contributed by atoms with Gasteiger partial charge in [0.15, 0.2) is 11.7 Å². The highest BCUT2D eigenvalue weighted by atomic mass is 33.1. The molecule has 59 heavy (non-hydrogen) atoms. The Balaban J connectivity index is 1.16. The summed E-state index contributed by atoms with van der Waals surface area (Å²) in [6.07, 6.45) is 23.6. The molecule has 4 nitrogen and oxygen atoms in total. The van der Waals surface area contributed by atoms with Crippen LogP contribution in [0.15, 0.2) is 195 Å². The van der Waals surface area contributed by atoms with Crippen LogP contribution in [0.4, 0.5) is 0 Å². The van der Waals surface area contributed by atoms with Gasteiger partial charge in [-0.25, -0.2) is 9.98 Å². The van der Waals surface area contributed by atoms with Gasteiger partial charge in [-0.2, -0.15) is 0 Å². The van der Waals surface area contributed by atoms with Crippen LogP contribution in [0.5, 0.6) is 0 Å². The summed E-state index contributed by atoms with van der Waals surface area (Å²) < 4.78 is 0. The number of hydrogen-bond acceptors (Lipinski definition) is 4. The molecule has 0 bridgehead atoms. The lowest BCUT2D eigenvalue weighted by Crippen LogP contribution is -2.08. The van der Waals surface area contributed by atoms with E-state index >= 15 is 0 Å². The zero-order valence-corrected chi connectivity index (χ0v) is 34.6. The van der Waals surface area contributed by atoms with Crippen LogP contribution < -0.4 is 0 Å². The van der Waals surface area contributed by atoms with Crippen LogP contribution in [-0.4, -0.2) is 29.9 Å². The Hall–Kier alpha value is -6.52. The summed E-state index contributed by atoms with van der Waals surface area (Å²) in [5.74, 6) is 3.68. The monoisotopic (exact) mass is 798 g/mol. The largest absolute Gasteiger partial charge is 0.266 e. The zero-order valence-electron chi connectivity index (χ0n) is 32.9. The standard InChI is InChI=1S/C53H42N4S2/c1-5-6-7-8-9-10-32-56-52(42-31-30-40-25-23-36(2)22-24-37(3)58-59-50(40)35-42)57-53(54-4)47-19-11-15-41-34-48-44(16-12-18-46(48)51(41)47)39-28-26-38(27-29-39)43-17-13-21-49-45(43)20-14-33-55-49/h1,6-9,11-24,26-31,33,35H,3-4,10,25,32,34H2,2H3/b7-6-,9-8-,24-22-,36-23?,56-52?,57-53?. The van der Waals surface area contributed by atoms with Gasteiger partial charge >= 0.3 is 0 Å². The number of aliphatic imine (C=N–C) groups is 3. The number of hydrogen-bond donors (Lipinski definition) is 0. The second kappa shape index (κ2) is 18.4. The molecule has 6 heteroatoms. The van der Waals surface area contributed by atoms with Gasteiger partial charge in [0.05, 0.1) is 5.52 Å². The van der Waals surface area contributed by atoms with Crippen LogP contribution in [0.25, 0.3) is 44.3 Å². The van der Waals surface area contributed by atoms with Crippen molar-refractivity contribution in [2.24, 2.45) is 15.0 Å². The molecule has 0 N–H and O–H groups in total. The number of fused-ring (bicyclic) bond motifs is 5. The smallest absolute Gasteiger partial charge is 0.161 e. The predicted octanol–water partition coefficient (Wildman–Crippen LogP) is 13.5. The summed E-state index contributed by atoms with van der Waals surface area (Å²) in [4.78, 5) is 21.6. The maximum atomic E-state index is 5.37. The molecule has 0 unspecified atom stereocenters. The van der Waals surface area contributed by atoms with E-state index in [1.807, 2.05) is 24.4 Å². The lowest BCUT2D eigenvalue weighted by atomic mass is 9.93. The minimum Gasteiger partial charge on any atom is -0.266 e. The van der Waals surface area contributed by atoms with Gasteiger partial charge in [-0.3, -0.25) is 9.98 Å². The molecule has 0 spiro atoms. The molecule has 1 aromatic heterocycles. The van der Waals surface area contributed by atoms with E-state index in [0.717, 1.165) is 56.7 Å². The number of benzene rings is 5. The number of allylic oxidation sites excluding steroid dienone is 7. The van der Waals surface area contributed by atoms with E-state index in [2.05, 4.69) is 164 Å². The van der Waals surface area contributed by atoms with E-state index in [4.69, 9.17) is 16.4 Å². The van der Waals surface area contributed by atoms with Gasteiger partial charge in [0.25, 0.3) is 0 Å². The topological polar surface area (TPSA) is 50.0 Å². The molecule has 2 heterocycles. The number of pyridine rings is 1.